The van der Waals surface area contributed by atoms with Gasteiger partial charge in [0.05, 0.1) is 11.3 Å². The van der Waals surface area contributed by atoms with Crippen LogP contribution in [0.25, 0.3) is 0 Å². The average molecular weight is 328 g/mol. The molecule has 1 aromatic heterocycles. The molecule has 0 saturated heterocycles. The number of anilines is 1. The lowest BCUT2D eigenvalue weighted by Gasteiger charge is -2.09. The largest absolute Gasteiger partial charge is 0.339 e. The van der Waals surface area contributed by atoms with Gasteiger partial charge in [-0.05, 0) is 12.8 Å². The molecule has 0 radical (unpaired) electrons. The zero-order chi connectivity index (χ0) is 16.4. The number of nitriles is 1. The van der Waals surface area contributed by atoms with Crippen LogP contribution < -0.4 is 5.32 Å². The molecule has 1 N–H and O–H groups in total. The maximum Gasteiger partial charge on any atom is 0.239 e. The van der Waals surface area contributed by atoms with Crippen LogP contribution in [0.15, 0.2) is 30.3 Å². The van der Waals surface area contributed by atoms with E-state index in [-0.39, 0.29) is 17.4 Å². The number of ketones is 1. The molecule has 1 aliphatic heterocycles. The van der Waals surface area contributed by atoms with Crippen LogP contribution in [-0.2, 0) is 17.8 Å². The SMILES string of the molecule is N#Cc1c(NC(=O)CCl)c(C(=O)c2ccccc2)n2c1CCC2. The van der Waals surface area contributed by atoms with Crippen LogP contribution in [0.3, 0.4) is 0 Å². The first-order valence-corrected chi connectivity index (χ1v) is 7.81. The Balaban J connectivity index is 2.17. The molecule has 0 aliphatic carbocycles. The molecule has 2 aromatic rings. The summed E-state index contributed by atoms with van der Waals surface area (Å²) in [5.41, 5.74) is 2.32. The molecule has 2 heterocycles. The minimum atomic E-state index is -0.436. The van der Waals surface area contributed by atoms with Gasteiger partial charge in [0, 0.05) is 17.8 Å². The molecule has 6 heteroatoms. The van der Waals surface area contributed by atoms with Crippen molar-refractivity contribution in [3.05, 3.63) is 52.8 Å². The van der Waals surface area contributed by atoms with Gasteiger partial charge in [-0.3, -0.25) is 9.59 Å². The summed E-state index contributed by atoms with van der Waals surface area (Å²) in [6, 6.07) is 11.0. The van der Waals surface area contributed by atoms with Crippen molar-refractivity contribution in [2.24, 2.45) is 0 Å². The number of benzene rings is 1. The van der Waals surface area contributed by atoms with Crippen LogP contribution in [0, 0.1) is 11.3 Å². The lowest BCUT2D eigenvalue weighted by atomic mass is 10.1. The lowest BCUT2D eigenvalue weighted by Crippen LogP contribution is -2.17. The van der Waals surface area contributed by atoms with Crippen LogP contribution in [-0.4, -0.2) is 22.1 Å². The molecule has 0 unspecified atom stereocenters. The first-order valence-electron chi connectivity index (χ1n) is 7.28. The number of hydrogen-bond donors (Lipinski definition) is 1. The number of fused-ring (bicyclic) bond motifs is 1. The van der Waals surface area contributed by atoms with E-state index in [0.717, 1.165) is 12.1 Å². The summed E-state index contributed by atoms with van der Waals surface area (Å²) in [6.45, 7) is 0.661. The second-order valence-electron chi connectivity index (χ2n) is 5.29. The molecule has 5 nitrogen and oxygen atoms in total. The fourth-order valence-electron chi connectivity index (χ4n) is 2.96. The van der Waals surface area contributed by atoms with E-state index in [1.165, 1.54) is 0 Å². The third-order valence-corrected chi connectivity index (χ3v) is 4.16. The van der Waals surface area contributed by atoms with E-state index < -0.39 is 5.91 Å². The van der Waals surface area contributed by atoms with Crippen LogP contribution in [0.4, 0.5) is 5.69 Å². The Hall–Kier alpha value is -2.58. The Kier molecular flexibility index (Phi) is 4.18. The summed E-state index contributed by atoms with van der Waals surface area (Å²) in [7, 11) is 0. The molecule has 0 spiro atoms. The predicted molar refractivity (Wildman–Crippen MR) is 86.7 cm³/mol. The highest BCUT2D eigenvalue weighted by Gasteiger charge is 2.30. The number of amides is 1. The highest BCUT2D eigenvalue weighted by Crippen LogP contribution is 2.34. The van der Waals surface area contributed by atoms with Crippen molar-refractivity contribution in [1.29, 1.82) is 5.26 Å². The number of aromatic nitrogens is 1. The second-order valence-corrected chi connectivity index (χ2v) is 5.56. The number of carbonyl (C=O) groups excluding carboxylic acids is 2. The zero-order valence-electron chi connectivity index (χ0n) is 12.3. The second kappa shape index (κ2) is 6.27. The van der Waals surface area contributed by atoms with Crippen LogP contribution in [0.1, 0.15) is 33.7 Å². The molecule has 23 heavy (non-hydrogen) atoms. The lowest BCUT2D eigenvalue weighted by molar-refractivity contribution is -0.113. The van der Waals surface area contributed by atoms with Crippen molar-refractivity contribution in [3.63, 3.8) is 0 Å². The van der Waals surface area contributed by atoms with Gasteiger partial charge >= 0.3 is 0 Å². The van der Waals surface area contributed by atoms with E-state index in [1.54, 1.807) is 24.3 Å². The number of nitrogens with zero attached hydrogens (tertiary/aromatic N) is 2. The zero-order valence-corrected chi connectivity index (χ0v) is 13.1. The third kappa shape index (κ3) is 2.62. The third-order valence-electron chi connectivity index (χ3n) is 3.92. The number of nitrogens with one attached hydrogen (secondary N) is 1. The molecule has 1 aliphatic rings. The number of halogens is 1. The summed E-state index contributed by atoms with van der Waals surface area (Å²) in [4.78, 5) is 24.6. The van der Waals surface area contributed by atoms with Gasteiger partial charge in [0.2, 0.25) is 11.7 Å². The molecule has 116 valence electrons. The average Bonchev–Trinajstić information content (AvgIpc) is 3.15. The van der Waals surface area contributed by atoms with Crippen molar-refractivity contribution >= 4 is 29.0 Å². The highest BCUT2D eigenvalue weighted by atomic mass is 35.5. The number of carbonyl (C=O) groups is 2. The van der Waals surface area contributed by atoms with Crippen molar-refractivity contribution in [1.82, 2.24) is 4.57 Å². The summed E-state index contributed by atoms with van der Waals surface area (Å²) in [5.74, 6) is -0.876. The van der Waals surface area contributed by atoms with Gasteiger partial charge in [0.1, 0.15) is 17.6 Å². The Bertz CT molecular complexity index is 819. The summed E-state index contributed by atoms with van der Waals surface area (Å²) < 4.78 is 1.84. The molecular weight excluding hydrogens is 314 g/mol. The van der Waals surface area contributed by atoms with Crippen molar-refractivity contribution in [2.75, 3.05) is 11.2 Å². The van der Waals surface area contributed by atoms with E-state index in [2.05, 4.69) is 11.4 Å². The van der Waals surface area contributed by atoms with Crippen LogP contribution in [0.5, 0.6) is 0 Å². The van der Waals surface area contributed by atoms with Gasteiger partial charge in [-0.1, -0.05) is 30.3 Å². The molecule has 0 fully saturated rings. The molecule has 0 atom stereocenters. The molecular formula is C17H14ClN3O2. The van der Waals surface area contributed by atoms with E-state index in [1.807, 2.05) is 10.6 Å². The first kappa shape index (κ1) is 15.3. The van der Waals surface area contributed by atoms with Gasteiger partial charge < -0.3 is 9.88 Å². The highest BCUT2D eigenvalue weighted by molar-refractivity contribution is 6.29. The molecule has 1 aromatic carbocycles. The number of rotatable bonds is 4. The van der Waals surface area contributed by atoms with Gasteiger partial charge in [0.15, 0.2) is 0 Å². The quantitative estimate of drug-likeness (QED) is 0.693. The minimum absolute atomic E-state index is 0.208. The standard InChI is InChI=1S/C17H14ClN3O2/c18-9-14(22)20-15-12(10-19)13-7-4-8-21(13)16(15)17(23)11-5-2-1-3-6-11/h1-3,5-6H,4,7-9H2,(H,20,22). The van der Waals surface area contributed by atoms with E-state index >= 15 is 0 Å². The molecule has 0 bridgehead atoms. The Morgan fingerprint density at radius 1 is 1.30 bits per heavy atom. The fraction of sp³-hybridized carbons (Fsp3) is 0.235. The van der Waals surface area contributed by atoms with E-state index in [0.29, 0.717) is 29.8 Å². The maximum absolute atomic E-state index is 12.9. The van der Waals surface area contributed by atoms with Crippen molar-refractivity contribution in [2.45, 2.75) is 19.4 Å². The summed E-state index contributed by atoms with van der Waals surface area (Å²) in [5, 5.41) is 12.1. The number of alkyl halides is 1. The molecule has 0 saturated carbocycles. The van der Waals surface area contributed by atoms with Gasteiger partial charge in [0.25, 0.3) is 0 Å². The normalized spacial score (nSPS) is 12.5. The Morgan fingerprint density at radius 3 is 2.70 bits per heavy atom. The van der Waals surface area contributed by atoms with Crippen LogP contribution in [0.2, 0.25) is 0 Å². The van der Waals surface area contributed by atoms with Crippen molar-refractivity contribution in [3.8, 4) is 6.07 Å². The topological polar surface area (TPSA) is 74.9 Å². The Labute approximate surface area is 138 Å². The summed E-state index contributed by atoms with van der Waals surface area (Å²) in [6.07, 6.45) is 1.59. The first-order chi connectivity index (χ1) is 11.2. The fourth-order valence-corrected chi connectivity index (χ4v) is 3.02. The van der Waals surface area contributed by atoms with Crippen molar-refractivity contribution < 1.29 is 9.59 Å². The molecule has 1 amide bonds. The van der Waals surface area contributed by atoms with E-state index in [4.69, 9.17) is 11.6 Å². The smallest absolute Gasteiger partial charge is 0.239 e. The number of hydrogen-bond acceptors (Lipinski definition) is 3. The van der Waals surface area contributed by atoms with Gasteiger partial charge in [-0.25, -0.2) is 0 Å². The maximum atomic E-state index is 12.9. The monoisotopic (exact) mass is 327 g/mol. The van der Waals surface area contributed by atoms with Gasteiger partial charge in [-0.2, -0.15) is 5.26 Å². The van der Waals surface area contributed by atoms with E-state index in [9.17, 15) is 14.9 Å². The minimum Gasteiger partial charge on any atom is -0.339 e. The Morgan fingerprint density at radius 2 is 2.04 bits per heavy atom. The molecule has 3 rings (SSSR count). The van der Waals surface area contributed by atoms with Gasteiger partial charge in [-0.15, -0.1) is 11.6 Å². The van der Waals surface area contributed by atoms with Crippen LogP contribution >= 0.6 is 11.6 Å². The predicted octanol–water partition coefficient (Wildman–Crippen LogP) is 2.71. The summed E-state index contributed by atoms with van der Waals surface area (Å²) >= 11 is 5.55.